The third-order valence-corrected chi connectivity index (χ3v) is 4.65. The second kappa shape index (κ2) is 5.68. The first-order chi connectivity index (χ1) is 11.7. The summed E-state index contributed by atoms with van der Waals surface area (Å²) in [5.41, 5.74) is 7.61. The summed E-state index contributed by atoms with van der Waals surface area (Å²) in [6.45, 7) is 8.13. The van der Waals surface area contributed by atoms with Crippen LogP contribution in [0.2, 0.25) is 0 Å². The summed E-state index contributed by atoms with van der Waals surface area (Å²) < 4.78 is 2.38. The molecule has 1 aromatic heterocycles. The van der Waals surface area contributed by atoms with E-state index in [9.17, 15) is 0 Å². The Morgan fingerprint density at radius 1 is 0.792 bits per heavy atom. The Labute approximate surface area is 142 Å². The van der Waals surface area contributed by atoms with Gasteiger partial charge in [0.15, 0.2) is 0 Å². The van der Waals surface area contributed by atoms with Gasteiger partial charge in [0.25, 0.3) is 0 Å². The van der Waals surface area contributed by atoms with E-state index in [0.717, 1.165) is 6.42 Å². The van der Waals surface area contributed by atoms with Crippen molar-refractivity contribution in [3.8, 4) is 5.69 Å². The molecule has 4 rings (SSSR count). The lowest BCUT2D eigenvalue weighted by atomic mass is 10.1. The van der Waals surface area contributed by atoms with Crippen molar-refractivity contribution in [1.82, 2.24) is 4.57 Å². The van der Waals surface area contributed by atoms with Gasteiger partial charge in [0, 0.05) is 16.5 Å². The number of allylic oxidation sites excluding steroid dienone is 1. The van der Waals surface area contributed by atoms with Gasteiger partial charge in [0.1, 0.15) is 0 Å². The Morgan fingerprint density at radius 2 is 1.33 bits per heavy atom. The lowest BCUT2D eigenvalue weighted by Gasteiger charge is -2.09. The van der Waals surface area contributed by atoms with Crippen LogP contribution in [-0.4, -0.2) is 4.57 Å². The largest absolute Gasteiger partial charge is 0.309 e. The predicted molar refractivity (Wildman–Crippen MR) is 104 cm³/mol. The topological polar surface area (TPSA) is 4.93 Å². The van der Waals surface area contributed by atoms with Crippen LogP contribution >= 0.6 is 0 Å². The maximum atomic E-state index is 3.82. The molecular weight excluding hydrogens is 290 g/mol. The smallest absolute Gasteiger partial charge is 0.0543 e. The van der Waals surface area contributed by atoms with Gasteiger partial charge in [0.2, 0.25) is 0 Å². The van der Waals surface area contributed by atoms with Gasteiger partial charge in [-0.2, -0.15) is 0 Å². The molecule has 0 radical (unpaired) electrons. The normalized spacial score (nSPS) is 11.2. The van der Waals surface area contributed by atoms with E-state index in [1.54, 1.807) is 0 Å². The Morgan fingerprint density at radius 3 is 1.83 bits per heavy atom. The predicted octanol–water partition coefficient (Wildman–Crippen LogP) is 6.13. The highest BCUT2D eigenvalue weighted by Crippen LogP contribution is 2.33. The van der Waals surface area contributed by atoms with Gasteiger partial charge in [-0.3, -0.25) is 0 Å². The fourth-order valence-corrected chi connectivity index (χ4v) is 3.46. The van der Waals surface area contributed by atoms with Crippen LogP contribution in [0.3, 0.4) is 0 Å². The fourth-order valence-electron chi connectivity index (χ4n) is 3.46. The Kier molecular flexibility index (Phi) is 3.50. The van der Waals surface area contributed by atoms with E-state index in [1.165, 1.54) is 44.2 Å². The average molecular weight is 311 g/mol. The Hall–Kier alpha value is -2.80. The van der Waals surface area contributed by atoms with Crippen molar-refractivity contribution in [2.45, 2.75) is 20.3 Å². The number of fused-ring (bicyclic) bond motifs is 3. The summed E-state index contributed by atoms with van der Waals surface area (Å²) in [5.74, 6) is 0. The molecule has 4 aromatic rings. The second-order valence-corrected chi connectivity index (χ2v) is 6.54. The number of aryl methyl sites for hydroxylation is 2. The minimum absolute atomic E-state index is 0.908. The van der Waals surface area contributed by atoms with Crippen LogP contribution in [0.4, 0.5) is 0 Å². The second-order valence-electron chi connectivity index (χ2n) is 6.54. The molecule has 3 aromatic carbocycles. The first-order valence-corrected chi connectivity index (χ1v) is 8.39. The van der Waals surface area contributed by atoms with Crippen LogP contribution in [-0.2, 0) is 6.42 Å². The summed E-state index contributed by atoms with van der Waals surface area (Å²) in [5, 5.41) is 2.62. The van der Waals surface area contributed by atoms with Crippen LogP contribution in [0.5, 0.6) is 0 Å². The van der Waals surface area contributed by atoms with E-state index in [2.05, 4.69) is 85.7 Å². The molecule has 0 fully saturated rings. The van der Waals surface area contributed by atoms with Crippen molar-refractivity contribution in [1.29, 1.82) is 0 Å². The van der Waals surface area contributed by atoms with E-state index in [-0.39, 0.29) is 0 Å². The zero-order valence-corrected chi connectivity index (χ0v) is 14.2. The standard InChI is InChI=1S/C23H21N/c1-4-5-18-8-10-19(11-9-18)24-22-14-16(2)6-12-20(22)21-13-7-17(3)15-23(21)24/h4,6-15H,1,5H2,2-3H3. The van der Waals surface area contributed by atoms with Crippen molar-refractivity contribution >= 4 is 21.8 Å². The highest BCUT2D eigenvalue weighted by atomic mass is 15.0. The molecule has 0 saturated heterocycles. The third kappa shape index (κ3) is 2.33. The molecular formula is C23H21N. The number of aromatic nitrogens is 1. The highest BCUT2D eigenvalue weighted by Gasteiger charge is 2.12. The molecule has 0 amide bonds. The van der Waals surface area contributed by atoms with E-state index in [0.29, 0.717) is 0 Å². The van der Waals surface area contributed by atoms with Crippen molar-refractivity contribution < 1.29 is 0 Å². The molecule has 118 valence electrons. The molecule has 0 saturated carbocycles. The minimum atomic E-state index is 0.908. The summed E-state index contributed by atoms with van der Waals surface area (Å²) in [6, 6.07) is 22.2. The number of benzene rings is 3. The molecule has 1 nitrogen and oxygen atoms in total. The molecule has 1 heteroatoms. The molecule has 0 atom stereocenters. The van der Waals surface area contributed by atoms with Crippen molar-refractivity contribution in [2.75, 3.05) is 0 Å². The van der Waals surface area contributed by atoms with Crippen LogP contribution in [0.15, 0.2) is 73.3 Å². The molecule has 0 N–H and O–H groups in total. The molecule has 24 heavy (non-hydrogen) atoms. The maximum Gasteiger partial charge on any atom is 0.0543 e. The van der Waals surface area contributed by atoms with Gasteiger partial charge >= 0.3 is 0 Å². The first-order valence-electron chi connectivity index (χ1n) is 8.39. The third-order valence-electron chi connectivity index (χ3n) is 4.65. The monoisotopic (exact) mass is 311 g/mol. The molecule has 0 aliphatic heterocycles. The quantitative estimate of drug-likeness (QED) is 0.401. The fraction of sp³-hybridized carbons (Fsp3) is 0.130. The summed E-state index contributed by atoms with van der Waals surface area (Å²) in [7, 11) is 0. The number of hydrogen-bond acceptors (Lipinski definition) is 0. The lowest BCUT2D eigenvalue weighted by molar-refractivity contribution is 1.16. The van der Waals surface area contributed by atoms with Crippen LogP contribution in [0.25, 0.3) is 27.5 Å². The van der Waals surface area contributed by atoms with Gasteiger partial charge in [-0.15, -0.1) is 6.58 Å². The lowest BCUT2D eigenvalue weighted by Crippen LogP contribution is -1.94. The van der Waals surface area contributed by atoms with Crippen molar-refractivity contribution in [3.63, 3.8) is 0 Å². The summed E-state index contributed by atoms with van der Waals surface area (Å²) in [6.07, 6.45) is 2.86. The van der Waals surface area contributed by atoms with E-state index < -0.39 is 0 Å². The van der Waals surface area contributed by atoms with Gasteiger partial charge in [-0.1, -0.05) is 42.5 Å². The van der Waals surface area contributed by atoms with Gasteiger partial charge in [-0.05, 0) is 61.2 Å². The Bertz CT molecular complexity index is 990. The number of nitrogens with zero attached hydrogens (tertiary/aromatic N) is 1. The molecule has 0 spiro atoms. The highest BCUT2D eigenvalue weighted by molar-refractivity contribution is 6.09. The SMILES string of the molecule is C=CCc1ccc(-n2c3cc(C)ccc3c3ccc(C)cc32)cc1. The van der Waals surface area contributed by atoms with Crippen molar-refractivity contribution in [2.24, 2.45) is 0 Å². The molecule has 0 aliphatic rings. The maximum absolute atomic E-state index is 3.82. The Balaban J connectivity index is 2.05. The molecule has 0 aliphatic carbocycles. The number of rotatable bonds is 3. The number of hydrogen-bond donors (Lipinski definition) is 0. The minimum Gasteiger partial charge on any atom is -0.309 e. The summed E-state index contributed by atoms with van der Waals surface area (Å²) >= 11 is 0. The van der Waals surface area contributed by atoms with Crippen LogP contribution in [0.1, 0.15) is 16.7 Å². The van der Waals surface area contributed by atoms with Crippen molar-refractivity contribution in [3.05, 3.63) is 90.0 Å². The van der Waals surface area contributed by atoms with E-state index in [1.807, 2.05) is 6.08 Å². The van der Waals surface area contributed by atoms with Crippen LogP contribution < -0.4 is 0 Å². The molecule has 0 bridgehead atoms. The van der Waals surface area contributed by atoms with E-state index in [4.69, 9.17) is 0 Å². The van der Waals surface area contributed by atoms with Crippen LogP contribution in [0, 0.1) is 13.8 Å². The molecule has 1 heterocycles. The van der Waals surface area contributed by atoms with E-state index >= 15 is 0 Å². The summed E-state index contributed by atoms with van der Waals surface area (Å²) in [4.78, 5) is 0. The average Bonchev–Trinajstić information content (AvgIpc) is 2.88. The van der Waals surface area contributed by atoms with Gasteiger partial charge < -0.3 is 4.57 Å². The molecule has 0 unspecified atom stereocenters. The zero-order valence-electron chi connectivity index (χ0n) is 14.2. The zero-order chi connectivity index (χ0) is 16.7. The van der Waals surface area contributed by atoms with Gasteiger partial charge in [-0.25, -0.2) is 0 Å². The van der Waals surface area contributed by atoms with Gasteiger partial charge in [0.05, 0.1) is 11.0 Å². The first kappa shape index (κ1) is 14.8.